The van der Waals surface area contributed by atoms with Crippen LogP contribution in [0, 0.1) is 11.3 Å². The first-order valence-corrected chi connectivity index (χ1v) is 8.69. The van der Waals surface area contributed by atoms with Crippen LogP contribution in [0.2, 0.25) is 0 Å². The van der Waals surface area contributed by atoms with Crippen molar-refractivity contribution >= 4 is 22.2 Å². The molecule has 1 amide bonds. The molecule has 22 heavy (non-hydrogen) atoms. The van der Waals surface area contributed by atoms with Crippen molar-refractivity contribution in [1.82, 2.24) is 4.90 Å². The van der Waals surface area contributed by atoms with E-state index in [1.54, 1.807) is 11.3 Å². The van der Waals surface area contributed by atoms with Crippen LogP contribution in [0.5, 0.6) is 0 Å². The van der Waals surface area contributed by atoms with Gasteiger partial charge in [0.25, 0.3) is 0 Å². The number of aryl methyl sites for hydroxylation is 1. The summed E-state index contributed by atoms with van der Waals surface area (Å²) in [7, 11) is 0. The van der Waals surface area contributed by atoms with E-state index in [4.69, 9.17) is 5.11 Å². The number of carbonyl (C=O) groups is 1. The number of nitrogens with zero attached hydrogens (tertiary/aromatic N) is 2. The summed E-state index contributed by atoms with van der Waals surface area (Å²) < 4.78 is 0. The smallest absolute Gasteiger partial charge is 0.226 e. The molecule has 1 aliphatic carbocycles. The van der Waals surface area contributed by atoms with E-state index in [2.05, 4.69) is 23.2 Å². The molecule has 0 bridgehead atoms. The van der Waals surface area contributed by atoms with Crippen molar-refractivity contribution in [3.05, 3.63) is 16.0 Å². The lowest BCUT2D eigenvalue weighted by atomic mass is 10.1. The van der Waals surface area contributed by atoms with Gasteiger partial charge in [-0.25, -0.2) is 0 Å². The molecule has 0 atom stereocenters. The molecule has 0 aromatic carbocycles. The fourth-order valence-electron chi connectivity index (χ4n) is 2.85. The molecule has 0 spiro atoms. The molecule has 0 unspecified atom stereocenters. The highest BCUT2D eigenvalue weighted by molar-refractivity contribution is 7.16. The Labute approximate surface area is 135 Å². The zero-order chi connectivity index (χ0) is 15.9. The van der Waals surface area contributed by atoms with Gasteiger partial charge in [0.1, 0.15) is 11.1 Å². The van der Waals surface area contributed by atoms with E-state index in [9.17, 15) is 10.1 Å². The Morgan fingerprint density at radius 1 is 1.41 bits per heavy atom. The summed E-state index contributed by atoms with van der Waals surface area (Å²) in [4.78, 5) is 15.4. The van der Waals surface area contributed by atoms with Crippen LogP contribution in [0.15, 0.2) is 0 Å². The van der Waals surface area contributed by atoms with Gasteiger partial charge in [-0.15, -0.1) is 11.3 Å². The van der Waals surface area contributed by atoms with Gasteiger partial charge in [-0.1, -0.05) is 6.92 Å². The Kier molecular flexibility index (Phi) is 6.37. The van der Waals surface area contributed by atoms with E-state index in [1.165, 1.54) is 4.88 Å². The summed E-state index contributed by atoms with van der Waals surface area (Å²) in [6, 6.07) is 2.24. The zero-order valence-corrected chi connectivity index (χ0v) is 13.8. The minimum atomic E-state index is -0.0598. The summed E-state index contributed by atoms with van der Waals surface area (Å²) in [6.07, 6.45) is 4.46. The number of rotatable bonds is 8. The number of amides is 1. The maximum absolute atomic E-state index is 12.1. The van der Waals surface area contributed by atoms with Gasteiger partial charge in [0.05, 0.1) is 12.2 Å². The number of hydrogen-bond donors (Lipinski definition) is 2. The SMILES string of the molecule is CCCN(CCO)CCC(=O)Nc1sc2c(c1C#N)CCC2. The van der Waals surface area contributed by atoms with E-state index < -0.39 is 0 Å². The number of aliphatic hydroxyl groups excluding tert-OH is 1. The Bertz CT molecular complexity index is 556. The molecule has 1 aliphatic rings. The highest BCUT2D eigenvalue weighted by Gasteiger charge is 2.23. The van der Waals surface area contributed by atoms with Gasteiger partial charge in [0.15, 0.2) is 0 Å². The number of nitrogens with one attached hydrogen (secondary N) is 1. The average molecular weight is 321 g/mol. The number of carbonyl (C=O) groups excluding carboxylic acids is 1. The summed E-state index contributed by atoms with van der Waals surface area (Å²) >= 11 is 1.55. The second-order valence-corrected chi connectivity index (χ2v) is 6.64. The monoisotopic (exact) mass is 321 g/mol. The minimum Gasteiger partial charge on any atom is -0.395 e. The van der Waals surface area contributed by atoms with E-state index in [-0.39, 0.29) is 12.5 Å². The number of hydrogen-bond acceptors (Lipinski definition) is 5. The molecule has 5 nitrogen and oxygen atoms in total. The minimum absolute atomic E-state index is 0.0598. The van der Waals surface area contributed by atoms with Crippen molar-refractivity contribution in [1.29, 1.82) is 5.26 Å². The molecule has 1 heterocycles. The second-order valence-electron chi connectivity index (χ2n) is 5.54. The van der Waals surface area contributed by atoms with Crippen molar-refractivity contribution in [2.45, 2.75) is 39.0 Å². The average Bonchev–Trinajstić information content (AvgIpc) is 3.05. The molecule has 0 fully saturated rings. The van der Waals surface area contributed by atoms with E-state index in [0.717, 1.165) is 37.8 Å². The summed E-state index contributed by atoms with van der Waals surface area (Å²) in [5.41, 5.74) is 1.79. The Morgan fingerprint density at radius 2 is 2.23 bits per heavy atom. The van der Waals surface area contributed by atoms with Crippen molar-refractivity contribution in [2.75, 3.05) is 31.6 Å². The van der Waals surface area contributed by atoms with Gasteiger partial charge in [-0.05, 0) is 37.8 Å². The van der Waals surface area contributed by atoms with Crippen LogP contribution in [-0.4, -0.2) is 42.2 Å². The van der Waals surface area contributed by atoms with Crippen LogP contribution in [0.4, 0.5) is 5.00 Å². The molecule has 120 valence electrons. The van der Waals surface area contributed by atoms with Crippen LogP contribution >= 0.6 is 11.3 Å². The Morgan fingerprint density at radius 3 is 2.91 bits per heavy atom. The van der Waals surface area contributed by atoms with Crippen LogP contribution in [-0.2, 0) is 17.6 Å². The van der Waals surface area contributed by atoms with E-state index in [0.29, 0.717) is 30.1 Å². The highest BCUT2D eigenvalue weighted by atomic mass is 32.1. The largest absolute Gasteiger partial charge is 0.395 e. The molecular weight excluding hydrogens is 298 g/mol. The Hall–Kier alpha value is -1.42. The number of aliphatic hydroxyl groups is 1. The molecule has 6 heteroatoms. The van der Waals surface area contributed by atoms with Crippen molar-refractivity contribution in [3.63, 3.8) is 0 Å². The third-order valence-corrected chi connectivity index (χ3v) is 5.10. The quantitative estimate of drug-likeness (QED) is 0.769. The summed E-state index contributed by atoms with van der Waals surface area (Å²) in [5.74, 6) is -0.0598. The number of fused-ring (bicyclic) bond motifs is 1. The molecule has 0 aliphatic heterocycles. The molecule has 1 aromatic rings. The van der Waals surface area contributed by atoms with Gasteiger partial charge < -0.3 is 15.3 Å². The van der Waals surface area contributed by atoms with E-state index >= 15 is 0 Å². The van der Waals surface area contributed by atoms with Crippen molar-refractivity contribution < 1.29 is 9.90 Å². The molecular formula is C16H23N3O2S. The van der Waals surface area contributed by atoms with Crippen LogP contribution in [0.25, 0.3) is 0 Å². The number of nitriles is 1. The first-order chi connectivity index (χ1) is 10.7. The summed E-state index contributed by atoms with van der Waals surface area (Å²) in [5, 5.41) is 21.9. The lowest BCUT2D eigenvalue weighted by molar-refractivity contribution is -0.116. The standard InChI is InChI=1S/C16H23N3O2S/c1-2-7-19(9-10-20)8-6-15(21)18-16-13(11-17)12-4-3-5-14(12)22-16/h20H,2-10H2,1H3,(H,18,21). The number of anilines is 1. The van der Waals surface area contributed by atoms with Gasteiger partial charge in [-0.3, -0.25) is 4.79 Å². The fraction of sp³-hybridized carbons (Fsp3) is 0.625. The van der Waals surface area contributed by atoms with Crippen molar-refractivity contribution in [3.8, 4) is 6.07 Å². The highest BCUT2D eigenvalue weighted by Crippen LogP contribution is 2.38. The molecule has 2 N–H and O–H groups in total. The predicted octanol–water partition coefficient (Wildman–Crippen LogP) is 2.14. The van der Waals surface area contributed by atoms with Crippen LogP contribution < -0.4 is 5.32 Å². The zero-order valence-electron chi connectivity index (χ0n) is 13.0. The molecule has 1 aromatic heterocycles. The first kappa shape index (κ1) is 16.9. The molecule has 0 radical (unpaired) electrons. The molecule has 0 saturated carbocycles. The van der Waals surface area contributed by atoms with E-state index in [1.807, 2.05) is 0 Å². The fourth-order valence-corrected chi connectivity index (χ4v) is 4.11. The van der Waals surface area contributed by atoms with Gasteiger partial charge in [-0.2, -0.15) is 5.26 Å². The predicted molar refractivity (Wildman–Crippen MR) is 88.1 cm³/mol. The van der Waals surface area contributed by atoms with Gasteiger partial charge in [0.2, 0.25) is 5.91 Å². The third-order valence-electron chi connectivity index (χ3n) is 3.90. The normalized spacial score (nSPS) is 13.2. The lowest BCUT2D eigenvalue weighted by Gasteiger charge is -2.19. The maximum Gasteiger partial charge on any atom is 0.226 e. The van der Waals surface area contributed by atoms with Crippen LogP contribution in [0.3, 0.4) is 0 Å². The van der Waals surface area contributed by atoms with Crippen molar-refractivity contribution in [2.24, 2.45) is 0 Å². The van der Waals surface area contributed by atoms with Gasteiger partial charge >= 0.3 is 0 Å². The lowest BCUT2D eigenvalue weighted by Crippen LogP contribution is -2.31. The van der Waals surface area contributed by atoms with Gasteiger partial charge in [0, 0.05) is 24.4 Å². The maximum atomic E-state index is 12.1. The topological polar surface area (TPSA) is 76.4 Å². The number of thiophene rings is 1. The third kappa shape index (κ3) is 4.07. The second kappa shape index (κ2) is 8.28. The summed E-state index contributed by atoms with van der Waals surface area (Å²) in [6.45, 7) is 4.30. The Balaban J connectivity index is 1.91. The first-order valence-electron chi connectivity index (χ1n) is 7.87. The molecule has 2 rings (SSSR count). The molecule has 0 saturated heterocycles. The van der Waals surface area contributed by atoms with Crippen LogP contribution in [0.1, 0.15) is 42.2 Å².